The van der Waals surface area contributed by atoms with E-state index < -0.39 is 5.97 Å². The first kappa shape index (κ1) is 17.8. The van der Waals surface area contributed by atoms with Crippen molar-refractivity contribution in [3.8, 4) is 5.69 Å². The topological polar surface area (TPSA) is 90.2 Å². The van der Waals surface area contributed by atoms with E-state index in [4.69, 9.17) is 4.74 Å². The molecular weight excluding hydrogens is 358 g/mol. The number of anilines is 1. The van der Waals surface area contributed by atoms with Crippen LogP contribution in [0.2, 0.25) is 0 Å². The number of hydrogen-bond acceptors (Lipinski definition) is 6. The van der Waals surface area contributed by atoms with Gasteiger partial charge >= 0.3 is 5.97 Å². The SMILES string of the molecule is O=C(Cc1ccc(-n2cnnn2)cc1)OCC(=O)N1CCCc2ccccc21. The zero-order valence-electron chi connectivity index (χ0n) is 15.2. The highest BCUT2D eigenvalue weighted by atomic mass is 16.5. The maximum Gasteiger partial charge on any atom is 0.310 e. The summed E-state index contributed by atoms with van der Waals surface area (Å²) in [6, 6.07) is 15.1. The van der Waals surface area contributed by atoms with Gasteiger partial charge in [0.25, 0.3) is 5.91 Å². The van der Waals surface area contributed by atoms with E-state index in [0.29, 0.717) is 6.54 Å². The normalized spacial score (nSPS) is 13.1. The Kier molecular flexibility index (Phi) is 5.09. The van der Waals surface area contributed by atoms with Crippen LogP contribution in [0.5, 0.6) is 0 Å². The zero-order chi connectivity index (χ0) is 19.3. The molecule has 0 fully saturated rings. The lowest BCUT2D eigenvalue weighted by Gasteiger charge is -2.29. The van der Waals surface area contributed by atoms with Crippen molar-refractivity contribution in [2.24, 2.45) is 0 Å². The Bertz CT molecular complexity index is 970. The average molecular weight is 377 g/mol. The number of benzene rings is 2. The van der Waals surface area contributed by atoms with Crippen molar-refractivity contribution < 1.29 is 14.3 Å². The van der Waals surface area contributed by atoms with Gasteiger partial charge < -0.3 is 9.64 Å². The van der Waals surface area contributed by atoms with Gasteiger partial charge in [0.15, 0.2) is 6.61 Å². The fourth-order valence-corrected chi connectivity index (χ4v) is 3.28. The molecule has 1 aliphatic rings. The molecule has 0 bridgehead atoms. The molecule has 4 rings (SSSR count). The lowest BCUT2D eigenvalue weighted by atomic mass is 10.0. The highest BCUT2D eigenvalue weighted by Gasteiger charge is 2.23. The van der Waals surface area contributed by atoms with Crippen LogP contribution in [0.4, 0.5) is 5.69 Å². The van der Waals surface area contributed by atoms with Crippen LogP contribution >= 0.6 is 0 Å². The Morgan fingerprint density at radius 2 is 1.89 bits per heavy atom. The first-order valence-electron chi connectivity index (χ1n) is 9.07. The average Bonchev–Trinajstić information content (AvgIpc) is 3.27. The van der Waals surface area contributed by atoms with Crippen LogP contribution in [0, 0.1) is 0 Å². The second-order valence-corrected chi connectivity index (χ2v) is 6.54. The van der Waals surface area contributed by atoms with Crippen molar-refractivity contribution in [3.05, 3.63) is 66.0 Å². The number of aromatic nitrogens is 4. The van der Waals surface area contributed by atoms with Crippen LogP contribution < -0.4 is 4.90 Å². The summed E-state index contributed by atoms with van der Waals surface area (Å²) in [5, 5.41) is 11.0. The summed E-state index contributed by atoms with van der Waals surface area (Å²) in [4.78, 5) is 26.4. The maximum atomic E-state index is 12.5. The molecule has 142 valence electrons. The van der Waals surface area contributed by atoms with Gasteiger partial charge in [-0.1, -0.05) is 30.3 Å². The van der Waals surface area contributed by atoms with E-state index in [0.717, 1.165) is 35.3 Å². The third-order valence-electron chi connectivity index (χ3n) is 4.67. The first-order valence-corrected chi connectivity index (χ1v) is 9.07. The number of rotatable bonds is 5. The Labute approximate surface area is 161 Å². The third kappa shape index (κ3) is 3.90. The summed E-state index contributed by atoms with van der Waals surface area (Å²) in [6.07, 6.45) is 3.46. The Morgan fingerprint density at radius 3 is 2.68 bits per heavy atom. The monoisotopic (exact) mass is 377 g/mol. The van der Waals surface area contributed by atoms with Crippen molar-refractivity contribution in [1.29, 1.82) is 0 Å². The quantitative estimate of drug-likeness (QED) is 0.629. The number of fused-ring (bicyclic) bond motifs is 1. The fourth-order valence-electron chi connectivity index (χ4n) is 3.28. The van der Waals surface area contributed by atoms with E-state index in [9.17, 15) is 9.59 Å². The third-order valence-corrected chi connectivity index (χ3v) is 4.67. The van der Waals surface area contributed by atoms with Crippen molar-refractivity contribution in [2.45, 2.75) is 19.3 Å². The molecule has 0 unspecified atom stereocenters. The van der Waals surface area contributed by atoms with Gasteiger partial charge in [-0.15, -0.1) is 5.10 Å². The van der Waals surface area contributed by atoms with Gasteiger partial charge in [0.1, 0.15) is 6.33 Å². The van der Waals surface area contributed by atoms with Gasteiger partial charge in [-0.2, -0.15) is 0 Å². The van der Waals surface area contributed by atoms with Gasteiger partial charge in [0.2, 0.25) is 0 Å². The van der Waals surface area contributed by atoms with Crippen molar-refractivity contribution in [1.82, 2.24) is 20.2 Å². The van der Waals surface area contributed by atoms with Crippen LogP contribution in [-0.2, 0) is 27.2 Å². The summed E-state index contributed by atoms with van der Waals surface area (Å²) in [5.74, 6) is -0.636. The molecule has 0 radical (unpaired) electrons. The van der Waals surface area contributed by atoms with Crippen LogP contribution in [0.3, 0.4) is 0 Å². The molecule has 0 N–H and O–H groups in total. The Balaban J connectivity index is 1.32. The largest absolute Gasteiger partial charge is 0.455 e. The lowest BCUT2D eigenvalue weighted by molar-refractivity contribution is -0.147. The number of para-hydroxylation sites is 1. The van der Waals surface area contributed by atoms with Crippen molar-refractivity contribution in [2.75, 3.05) is 18.1 Å². The number of amides is 1. The minimum absolute atomic E-state index is 0.0970. The standard InChI is InChI=1S/C20H19N5O3/c26-19(24-11-3-5-16-4-1-2-6-18(16)24)13-28-20(27)12-15-7-9-17(10-8-15)25-14-21-22-23-25/h1-2,4,6-10,14H,3,5,11-13H2. The smallest absolute Gasteiger partial charge is 0.310 e. The van der Waals surface area contributed by atoms with Crippen LogP contribution in [0.15, 0.2) is 54.9 Å². The number of ether oxygens (including phenoxy) is 1. The maximum absolute atomic E-state index is 12.5. The minimum Gasteiger partial charge on any atom is -0.455 e. The summed E-state index contributed by atoms with van der Waals surface area (Å²) in [5.41, 5.74) is 3.64. The molecule has 8 nitrogen and oxygen atoms in total. The predicted octanol–water partition coefficient (Wildman–Crippen LogP) is 1.73. The van der Waals surface area contributed by atoms with Gasteiger partial charge in [0, 0.05) is 12.2 Å². The van der Waals surface area contributed by atoms with Crippen LogP contribution in [0.1, 0.15) is 17.5 Å². The molecular formula is C20H19N5O3. The van der Waals surface area contributed by atoms with Gasteiger partial charge in [-0.05, 0) is 52.6 Å². The Morgan fingerprint density at radius 1 is 1.07 bits per heavy atom. The number of hydrogen-bond donors (Lipinski definition) is 0. The molecule has 0 aliphatic carbocycles. The number of aryl methyl sites for hydroxylation is 1. The molecule has 0 spiro atoms. The molecule has 1 amide bonds. The highest BCUT2D eigenvalue weighted by molar-refractivity contribution is 5.96. The number of carbonyl (C=O) groups is 2. The number of carbonyl (C=O) groups excluding carboxylic acids is 2. The zero-order valence-corrected chi connectivity index (χ0v) is 15.2. The molecule has 8 heteroatoms. The van der Waals surface area contributed by atoms with Crippen molar-refractivity contribution >= 4 is 17.6 Å². The highest BCUT2D eigenvalue weighted by Crippen LogP contribution is 2.26. The number of esters is 1. The van der Waals surface area contributed by atoms with Crippen LogP contribution in [0.25, 0.3) is 5.69 Å². The molecule has 1 aromatic heterocycles. The molecule has 3 aromatic rings. The van der Waals surface area contributed by atoms with E-state index in [1.807, 2.05) is 36.4 Å². The lowest BCUT2D eigenvalue weighted by Crippen LogP contribution is -2.38. The molecule has 2 aromatic carbocycles. The minimum atomic E-state index is -0.436. The number of nitrogens with zero attached hydrogens (tertiary/aromatic N) is 5. The molecule has 28 heavy (non-hydrogen) atoms. The van der Waals surface area contributed by atoms with Crippen molar-refractivity contribution in [3.63, 3.8) is 0 Å². The van der Waals surface area contributed by atoms with Crippen LogP contribution in [-0.4, -0.2) is 45.2 Å². The summed E-state index contributed by atoms with van der Waals surface area (Å²) < 4.78 is 6.74. The predicted molar refractivity (Wildman–Crippen MR) is 101 cm³/mol. The summed E-state index contributed by atoms with van der Waals surface area (Å²) in [7, 11) is 0. The van der Waals surface area contributed by atoms with E-state index in [1.165, 1.54) is 11.0 Å². The van der Waals surface area contributed by atoms with Gasteiger partial charge in [0.05, 0.1) is 12.1 Å². The van der Waals surface area contributed by atoms with E-state index in [2.05, 4.69) is 15.5 Å². The first-order chi connectivity index (χ1) is 13.7. The Hall–Kier alpha value is -3.55. The van der Waals surface area contributed by atoms with E-state index in [1.54, 1.807) is 17.0 Å². The molecule has 0 saturated heterocycles. The second kappa shape index (κ2) is 7.99. The second-order valence-electron chi connectivity index (χ2n) is 6.54. The molecule has 0 saturated carbocycles. The fraction of sp³-hybridized carbons (Fsp3) is 0.250. The summed E-state index contributed by atoms with van der Waals surface area (Å²) >= 11 is 0. The molecule has 2 heterocycles. The van der Waals surface area contributed by atoms with Gasteiger partial charge in [-0.25, -0.2) is 4.68 Å². The summed E-state index contributed by atoms with van der Waals surface area (Å²) in [6.45, 7) is 0.391. The molecule has 1 aliphatic heterocycles. The van der Waals surface area contributed by atoms with Gasteiger partial charge in [-0.3, -0.25) is 9.59 Å². The number of tetrazole rings is 1. The van der Waals surface area contributed by atoms with E-state index >= 15 is 0 Å². The molecule has 0 atom stereocenters. The van der Waals surface area contributed by atoms with E-state index in [-0.39, 0.29) is 18.9 Å².